The van der Waals surface area contributed by atoms with E-state index < -0.39 is 5.97 Å². The van der Waals surface area contributed by atoms with E-state index in [1.165, 1.54) is 0 Å². The highest BCUT2D eigenvalue weighted by Crippen LogP contribution is 2.37. The van der Waals surface area contributed by atoms with E-state index in [2.05, 4.69) is 4.90 Å². The normalized spacial score (nSPS) is 36.2. The van der Waals surface area contributed by atoms with E-state index in [1.54, 1.807) is 0 Å². The van der Waals surface area contributed by atoms with E-state index in [1.807, 2.05) is 6.92 Å². The first-order chi connectivity index (χ1) is 8.15. The summed E-state index contributed by atoms with van der Waals surface area (Å²) in [6, 6.07) is -0.0798. The van der Waals surface area contributed by atoms with E-state index in [-0.39, 0.29) is 18.2 Å². The van der Waals surface area contributed by atoms with Gasteiger partial charge < -0.3 is 10.2 Å². The van der Waals surface area contributed by atoms with Crippen molar-refractivity contribution in [2.45, 2.75) is 63.6 Å². The van der Waals surface area contributed by atoms with Crippen LogP contribution in [0, 0.1) is 5.92 Å². The summed E-state index contributed by atoms with van der Waals surface area (Å²) in [4.78, 5) is 13.4. The minimum Gasteiger partial charge on any atom is -0.480 e. The summed E-state index contributed by atoms with van der Waals surface area (Å²) in [5.74, 6) is -0.419. The van der Waals surface area contributed by atoms with Crippen LogP contribution in [-0.4, -0.2) is 45.8 Å². The van der Waals surface area contributed by atoms with Crippen molar-refractivity contribution in [1.82, 2.24) is 4.90 Å². The lowest BCUT2D eigenvalue weighted by atomic mass is 9.93. The molecule has 0 aromatic heterocycles. The molecule has 98 valence electrons. The van der Waals surface area contributed by atoms with Gasteiger partial charge in [-0.05, 0) is 38.6 Å². The van der Waals surface area contributed by atoms with Gasteiger partial charge in [-0.1, -0.05) is 13.3 Å². The first-order valence-electron chi connectivity index (χ1n) is 6.81. The van der Waals surface area contributed by atoms with Gasteiger partial charge >= 0.3 is 5.97 Å². The first-order valence-corrected chi connectivity index (χ1v) is 6.81. The molecule has 0 radical (unpaired) electrons. The van der Waals surface area contributed by atoms with Gasteiger partial charge in [-0.25, -0.2) is 0 Å². The molecule has 4 nitrogen and oxygen atoms in total. The van der Waals surface area contributed by atoms with Crippen molar-refractivity contribution in [2.75, 3.05) is 6.54 Å². The molecule has 2 rings (SSSR count). The molecular weight excluding hydrogens is 218 g/mol. The quantitative estimate of drug-likeness (QED) is 0.782. The maximum Gasteiger partial charge on any atom is 0.320 e. The topological polar surface area (TPSA) is 60.8 Å². The monoisotopic (exact) mass is 241 g/mol. The number of carbonyl (C=O) groups is 1. The zero-order valence-corrected chi connectivity index (χ0v) is 10.5. The molecule has 2 aliphatic rings. The average Bonchev–Trinajstić information content (AvgIpc) is 2.87. The maximum atomic E-state index is 11.3. The third kappa shape index (κ3) is 2.47. The Morgan fingerprint density at radius 3 is 2.65 bits per heavy atom. The Morgan fingerprint density at radius 2 is 2.12 bits per heavy atom. The van der Waals surface area contributed by atoms with Gasteiger partial charge in [-0.2, -0.15) is 0 Å². The number of rotatable bonds is 4. The Morgan fingerprint density at radius 1 is 1.35 bits per heavy atom. The van der Waals surface area contributed by atoms with Gasteiger partial charge in [0.05, 0.1) is 6.10 Å². The second-order valence-electron chi connectivity index (χ2n) is 5.37. The summed E-state index contributed by atoms with van der Waals surface area (Å²) in [6.07, 6.45) is 5.57. The summed E-state index contributed by atoms with van der Waals surface area (Å²) in [5.41, 5.74) is 0. The Kier molecular flexibility index (Phi) is 4.05. The van der Waals surface area contributed by atoms with E-state index >= 15 is 0 Å². The molecule has 0 bridgehead atoms. The molecule has 0 aromatic carbocycles. The summed E-state index contributed by atoms with van der Waals surface area (Å²) in [5, 5.41) is 19.2. The Balaban J connectivity index is 2.08. The number of carboxylic acid groups (broad SMARTS) is 1. The number of carboxylic acids is 1. The molecule has 0 amide bonds. The van der Waals surface area contributed by atoms with Gasteiger partial charge in [0.2, 0.25) is 0 Å². The highest BCUT2D eigenvalue weighted by molar-refractivity contribution is 5.73. The molecule has 17 heavy (non-hydrogen) atoms. The molecule has 0 aromatic rings. The van der Waals surface area contributed by atoms with Crippen LogP contribution in [0.2, 0.25) is 0 Å². The van der Waals surface area contributed by atoms with Crippen molar-refractivity contribution in [1.29, 1.82) is 0 Å². The summed E-state index contributed by atoms with van der Waals surface area (Å²) in [7, 11) is 0. The standard InChI is InChI=1S/C13H23NO3/c1-2-10(13(16)17)14-8-4-6-11(14)9-5-3-7-12(9)15/h9-12,15H,2-8H2,1H3,(H,16,17). The van der Waals surface area contributed by atoms with Crippen molar-refractivity contribution < 1.29 is 15.0 Å². The highest BCUT2D eigenvalue weighted by atomic mass is 16.4. The van der Waals surface area contributed by atoms with Crippen LogP contribution in [0.5, 0.6) is 0 Å². The lowest BCUT2D eigenvalue weighted by molar-refractivity contribution is -0.144. The lowest BCUT2D eigenvalue weighted by Crippen LogP contribution is -2.48. The number of aliphatic carboxylic acids is 1. The van der Waals surface area contributed by atoms with E-state index in [9.17, 15) is 15.0 Å². The van der Waals surface area contributed by atoms with Crippen LogP contribution < -0.4 is 0 Å². The van der Waals surface area contributed by atoms with Crippen LogP contribution in [0.15, 0.2) is 0 Å². The van der Waals surface area contributed by atoms with E-state index in [4.69, 9.17) is 0 Å². The van der Waals surface area contributed by atoms with Gasteiger partial charge in [-0.15, -0.1) is 0 Å². The zero-order chi connectivity index (χ0) is 12.4. The van der Waals surface area contributed by atoms with Gasteiger partial charge in [0, 0.05) is 12.0 Å². The highest BCUT2D eigenvalue weighted by Gasteiger charge is 2.41. The zero-order valence-electron chi connectivity index (χ0n) is 10.5. The van der Waals surface area contributed by atoms with Crippen LogP contribution >= 0.6 is 0 Å². The molecule has 1 heterocycles. The number of likely N-dealkylation sites (tertiary alicyclic amines) is 1. The van der Waals surface area contributed by atoms with Crippen LogP contribution in [0.3, 0.4) is 0 Å². The number of aliphatic hydroxyl groups excluding tert-OH is 1. The number of hydrogen-bond acceptors (Lipinski definition) is 3. The molecule has 1 saturated carbocycles. The second-order valence-corrected chi connectivity index (χ2v) is 5.37. The van der Waals surface area contributed by atoms with Crippen molar-refractivity contribution >= 4 is 5.97 Å². The Bertz CT molecular complexity index is 282. The molecule has 0 spiro atoms. The van der Waals surface area contributed by atoms with Gasteiger partial charge in [0.15, 0.2) is 0 Å². The fourth-order valence-corrected chi connectivity index (χ4v) is 3.63. The van der Waals surface area contributed by atoms with Crippen molar-refractivity contribution in [3.63, 3.8) is 0 Å². The third-order valence-corrected chi connectivity index (χ3v) is 4.44. The summed E-state index contributed by atoms with van der Waals surface area (Å²) < 4.78 is 0. The fourth-order valence-electron chi connectivity index (χ4n) is 3.63. The van der Waals surface area contributed by atoms with Gasteiger partial charge in [-0.3, -0.25) is 9.69 Å². The third-order valence-electron chi connectivity index (χ3n) is 4.44. The summed E-state index contributed by atoms with van der Waals surface area (Å²) >= 11 is 0. The lowest BCUT2D eigenvalue weighted by Gasteiger charge is -2.34. The second kappa shape index (κ2) is 5.36. The van der Waals surface area contributed by atoms with E-state index in [0.29, 0.717) is 12.3 Å². The summed E-state index contributed by atoms with van der Waals surface area (Å²) in [6.45, 7) is 2.80. The average molecular weight is 241 g/mol. The van der Waals surface area contributed by atoms with Crippen molar-refractivity contribution in [3.05, 3.63) is 0 Å². The number of aliphatic hydroxyl groups is 1. The van der Waals surface area contributed by atoms with Crippen LogP contribution in [0.25, 0.3) is 0 Å². The molecule has 4 heteroatoms. The molecule has 4 unspecified atom stereocenters. The predicted molar refractivity (Wildman–Crippen MR) is 64.8 cm³/mol. The fraction of sp³-hybridized carbons (Fsp3) is 0.923. The maximum absolute atomic E-state index is 11.3. The molecule has 1 aliphatic carbocycles. The SMILES string of the molecule is CCC(C(=O)O)N1CCCC1C1CCCC1O. The van der Waals surface area contributed by atoms with Crippen molar-refractivity contribution in [3.8, 4) is 0 Å². The number of nitrogens with zero attached hydrogens (tertiary/aromatic N) is 1. The largest absolute Gasteiger partial charge is 0.480 e. The minimum atomic E-state index is -0.716. The smallest absolute Gasteiger partial charge is 0.320 e. The van der Waals surface area contributed by atoms with Gasteiger partial charge in [0.1, 0.15) is 6.04 Å². The van der Waals surface area contributed by atoms with E-state index in [0.717, 1.165) is 38.6 Å². The minimum absolute atomic E-state index is 0.216. The Hall–Kier alpha value is -0.610. The van der Waals surface area contributed by atoms with Gasteiger partial charge in [0.25, 0.3) is 0 Å². The molecule has 1 saturated heterocycles. The predicted octanol–water partition coefficient (Wildman–Crippen LogP) is 1.47. The molecule has 2 fully saturated rings. The molecular formula is C13H23NO3. The van der Waals surface area contributed by atoms with Crippen LogP contribution in [0.1, 0.15) is 45.4 Å². The Labute approximate surface area is 103 Å². The molecule has 4 atom stereocenters. The number of hydrogen-bond donors (Lipinski definition) is 2. The molecule has 1 aliphatic heterocycles. The first kappa shape index (κ1) is 12.8. The van der Waals surface area contributed by atoms with Crippen molar-refractivity contribution in [2.24, 2.45) is 5.92 Å². The molecule has 2 N–H and O–H groups in total. The van der Waals surface area contributed by atoms with Crippen LogP contribution in [-0.2, 0) is 4.79 Å². The van der Waals surface area contributed by atoms with Crippen LogP contribution in [0.4, 0.5) is 0 Å².